The van der Waals surface area contributed by atoms with Gasteiger partial charge in [0, 0.05) is 35.5 Å². The summed E-state index contributed by atoms with van der Waals surface area (Å²) < 4.78 is 5.67. The quantitative estimate of drug-likeness (QED) is 0.470. The third-order valence-electron chi connectivity index (χ3n) is 6.80. The zero-order valence-corrected chi connectivity index (χ0v) is 16.2. The number of rotatable bonds is 4. The molecule has 30 heavy (non-hydrogen) atoms. The number of fused-ring (bicyclic) bond motifs is 5. The molecule has 8 nitrogen and oxygen atoms in total. The first-order chi connectivity index (χ1) is 14.7. The van der Waals surface area contributed by atoms with E-state index in [1.54, 1.807) is 18.5 Å². The number of aromatic nitrogens is 4. The summed E-state index contributed by atoms with van der Waals surface area (Å²) in [7, 11) is 0. The van der Waals surface area contributed by atoms with Crippen molar-refractivity contribution in [2.24, 2.45) is 17.8 Å². The van der Waals surface area contributed by atoms with Crippen LogP contribution < -0.4 is 5.32 Å². The van der Waals surface area contributed by atoms with Crippen molar-refractivity contribution in [3.8, 4) is 11.4 Å². The Morgan fingerprint density at radius 1 is 1.17 bits per heavy atom. The van der Waals surface area contributed by atoms with Gasteiger partial charge >= 0.3 is 5.97 Å². The van der Waals surface area contributed by atoms with Crippen LogP contribution in [0.3, 0.4) is 0 Å². The topological polar surface area (TPSA) is 117 Å². The number of nitrogens with one attached hydrogen (secondary N) is 2. The standard InChI is InChI=1S/C22H21N5O3/c28-22(29)16-11-3-5-12(6-4-11)17(16)26-21-18-15(7-9-30-18)25-20(27-21)14-10-24-19-13(14)2-1-8-23-19/h1-2,7-12,16-17H,3-6H2,(H,23,24)(H,28,29)(H,25,26,27)/t11?,12?,16-,17?/m0/s1. The Kier molecular flexibility index (Phi) is 3.81. The van der Waals surface area contributed by atoms with Crippen molar-refractivity contribution in [1.29, 1.82) is 0 Å². The number of hydrogen-bond acceptors (Lipinski definition) is 6. The SMILES string of the molecule is O=C(O)[C@H]1C2CCC(CC2)C1Nc1nc(-c2c[nH]c3ncccc23)nc2ccoc12. The van der Waals surface area contributed by atoms with E-state index in [0.717, 1.165) is 42.3 Å². The monoisotopic (exact) mass is 403 g/mol. The van der Waals surface area contributed by atoms with Gasteiger partial charge in [-0.15, -0.1) is 0 Å². The molecule has 0 saturated heterocycles. The van der Waals surface area contributed by atoms with E-state index >= 15 is 0 Å². The first-order valence-electron chi connectivity index (χ1n) is 10.4. The molecule has 0 spiro atoms. The molecule has 0 amide bonds. The van der Waals surface area contributed by atoms with Gasteiger partial charge in [0.1, 0.15) is 11.2 Å². The fourth-order valence-corrected chi connectivity index (χ4v) is 5.39. The number of pyridine rings is 1. The molecule has 0 radical (unpaired) electrons. The minimum Gasteiger partial charge on any atom is -0.481 e. The number of carbonyl (C=O) groups is 1. The molecule has 8 heteroatoms. The third-order valence-corrected chi connectivity index (χ3v) is 6.80. The van der Waals surface area contributed by atoms with E-state index in [4.69, 9.17) is 9.40 Å². The van der Waals surface area contributed by atoms with Crippen molar-refractivity contribution in [2.75, 3.05) is 5.32 Å². The Labute approximate surface area is 171 Å². The van der Waals surface area contributed by atoms with E-state index < -0.39 is 11.9 Å². The molecule has 152 valence electrons. The van der Waals surface area contributed by atoms with Gasteiger partial charge in [0.2, 0.25) is 0 Å². The van der Waals surface area contributed by atoms with Gasteiger partial charge in [0.15, 0.2) is 17.2 Å². The van der Waals surface area contributed by atoms with E-state index in [9.17, 15) is 9.90 Å². The molecule has 4 aromatic heterocycles. The van der Waals surface area contributed by atoms with Crippen LogP contribution in [0.25, 0.3) is 33.5 Å². The second-order valence-corrected chi connectivity index (χ2v) is 8.34. The lowest BCUT2D eigenvalue weighted by molar-refractivity contribution is -0.148. The normalized spacial score (nSPS) is 25.7. The van der Waals surface area contributed by atoms with Crippen molar-refractivity contribution in [3.63, 3.8) is 0 Å². The van der Waals surface area contributed by atoms with Crippen LogP contribution in [-0.4, -0.2) is 37.1 Å². The number of aromatic amines is 1. The number of furan rings is 1. The lowest BCUT2D eigenvalue weighted by Crippen LogP contribution is -2.51. The number of carboxylic acid groups (broad SMARTS) is 1. The van der Waals surface area contributed by atoms with Gasteiger partial charge < -0.3 is 19.8 Å². The summed E-state index contributed by atoms with van der Waals surface area (Å²) in [6, 6.07) is 5.51. The van der Waals surface area contributed by atoms with Crippen LogP contribution in [0.4, 0.5) is 5.82 Å². The van der Waals surface area contributed by atoms with Crippen LogP contribution >= 0.6 is 0 Å². The van der Waals surface area contributed by atoms with Crippen LogP contribution in [0.5, 0.6) is 0 Å². The first kappa shape index (κ1) is 17.4. The fourth-order valence-electron chi connectivity index (χ4n) is 5.39. The molecule has 3 fully saturated rings. The molecule has 3 aliphatic rings. The minimum absolute atomic E-state index is 0.157. The summed E-state index contributed by atoms with van der Waals surface area (Å²) in [6.45, 7) is 0. The Morgan fingerprint density at radius 3 is 2.83 bits per heavy atom. The Hall–Kier alpha value is -3.42. The highest BCUT2D eigenvalue weighted by molar-refractivity contribution is 5.94. The van der Waals surface area contributed by atoms with Gasteiger partial charge in [-0.3, -0.25) is 4.79 Å². The molecule has 4 aromatic rings. The van der Waals surface area contributed by atoms with E-state index in [1.165, 1.54) is 0 Å². The van der Waals surface area contributed by atoms with Gasteiger partial charge in [-0.1, -0.05) is 0 Å². The second kappa shape index (κ2) is 6.55. The summed E-state index contributed by atoms with van der Waals surface area (Å²) in [5.41, 5.74) is 2.87. The number of hydrogen-bond donors (Lipinski definition) is 3. The molecular formula is C22H21N5O3. The van der Waals surface area contributed by atoms with Crippen LogP contribution in [0.1, 0.15) is 25.7 Å². The molecule has 0 aliphatic heterocycles. The zero-order chi connectivity index (χ0) is 20.2. The average Bonchev–Trinajstić information content (AvgIpc) is 3.41. The molecule has 7 rings (SSSR count). The van der Waals surface area contributed by atoms with E-state index in [0.29, 0.717) is 28.7 Å². The highest BCUT2D eigenvalue weighted by atomic mass is 16.4. The molecule has 4 heterocycles. The lowest BCUT2D eigenvalue weighted by atomic mass is 9.61. The maximum absolute atomic E-state index is 12.1. The summed E-state index contributed by atoms with van der Waals surface area (Å²) in [4.78, 5) is 29.0. The smallest absolute Gasteiger partial charge is 0.308 e. The fraction of sp³-hybridized carbons (Fsp3) is 0.364. The maximum atomic E-state index is 12.1. The predicted octanol–water partition coefficient (Wildman–Crippen LogP) is 4.07. The molecule has 3 N–H and O–H groups in total. The molecule has 2 bridgehead atoms. The second-order valence-electron chi connectivity index (χ2n) is 8.34. The molecule has 3 aliphatic carbocycles. The van der Waals surface area contributed by atoms with E-state index in [2.05, 4.69) is 20.3 Å². The summed E-state index contributed by atoms with van der Waals surface area (Å²) in [5, 5.41) is 14.3. The first-order valence-corrected chi connectivity index (χ1v) is 10.4. The van der Waals surface area contributed by atoms with Gasteiger partial charge in [-0.05, 0) is 49.7 Å². The number of H-pyrrole nitrogens is 1. The zero-order valence-electron chi connectivity index (χ0n) is 16.2. The minimum atomic E-state index is -0.727. The largest absolute Gasteiger partial charge is 0.481 e. The van der Waals surface area contributed by atoms with Gasteiger partial charge in [-0.25, -0.2) is 15.0 Å². The Morgan fingerprint density at radius 2 is 2.00 bits per heavy atom. The third kappa shape index (κ3) is 2.59. The van der Waals surface area contributed by atoms with E-state index in [1.807, 2.05) is 18.3 Å². The van der Waals surface area contributed by atoms with Crippen molar-refractivity contribution in [2.45, 2.75) is 31.7 Å². The number of aliphatic carboxylic acids is 1. The van der Waals surface area contributed by atoms with Gasteiger partial charge in [0.05, 0.1) is 12.2 Å². The van der Waals surface area contributed by atoms with Crippen LogP contribution in [0.2, 0.25) is 0 Å². The van der Waals surface area contributed by atoms with Crippen molar-refractivity contribution in [1.82, 2.24) is 19.9 Å². The van der Waals surface area contributed by atoms with Crippen LogP contribution in [0, 0.1) is 17.8 Å². The van der Waals surface area contributed by atoms with Crippen molar-refractivity contribution < 1.29 is 14.3 Å². The highest BCUT2D eigenvalue weighted by Crippen LogP contribution is 2.46. The van der Waals surface area contributed by atoms with Crippen LogP contribution in [-0.2, 0) is 4.79 Å². The number of nitrogens with zero attached hydrogens (tertiary/aromatic N) is 3. The summed E-state index contributed by atoms with van der Waals surface area (Å²) in [5.74, 6) is 0.531. The molecular weight excluding hydrogens is 382 g/mol. The number of carboxylic acids is 1. The molecule has 2 atom stereocenters. The van der Waals surface area contributed by atoms with Crippen molar-refractivity contribution >= 4 is 33.9 Å². The molecule has 3 saturated carbocycles. The molecule has 1 unspecified atom stereocenters. The number of anilines is 1. The lowest BCUT2D eigenvalue weighted by Gasteiger charge is -2.47. The predicted molar refractivity (Wildman–Crippen MR) is 111 cm³/mol. The van der Waals surface area contributed by atoms with E-state index in [-0.39, 0.29) is 12.0 Å². The Balaban J connectivity index is 1.45. The van der Waals surface area contributed by atoms with Crippen LogP contribution in [0.15, 0.2) is 41.3 Å². The highest BCUT2D eigenvalue weighted by Gasteiger charge is 2.47. The van der Waals surface area contributed by atoms with Gasteiger partial charge in [-0.2, -0.15) is 0 Å². The summed E-state index contributed by atoms with van der Waals surface area (Å²) in [6.07, 6.45) is 9.28. The van der Waals surface area contributed by atoms with Crippen molar-refractivity contribution in [3.05, 3.63) is 36.9 Å². The molecule has 0 aromatic carbocycles. The van der Waals surface area contributed by atoms with Gasteiger partial charge in [0.25, 0.3) is 0 Å². The average molecular weight is 403 g/mol. The Bertz CT molecular complexity index is 1250. The maximum Gasteiger partial charge on any atom is 0.308 e. The summed E-state index contributed by atoms with van der Waals surface area (Å²) >= 11 is 0.